The van der Waals surface area contributed by atoms with Gasteiger partial charge in [0.05, 0.1) is 0 Å². The van der Waals surface area contributed by atoms with E-state index < -0.39 is 24.0 Å². The maximum absolute atomic E-state index is 11.4. The second-order valence-electron chi connectivity index (χ2n) is 5.98. The largest absolute Gasteiger partial charge is 0.480 e. The lowest BCUT2D eigenvalue weighted by molar-refractivity contribution is -0.140. The number of nitrogens with one attached hydrogen (secondary N) is 2. The van der Waals surface area contributed by atoms with Crippen molar-refractivity contribution in [2.75, 3.05) is 13.1 Å². The Balaban J connectivity index is 1.74. The number of hydrogen-bond donors (Lipinski definition) is 4. The molecule has 0 spiro atoms. The van der Waals surface area contributed by atoms with Crippen LogP contribution in [0.2, 0.25) is 0 Å². The van der Waals surface area contributed by atoms with Crippen molar-refractivity contribution >= 4 is 11.9 Å². The van der Waals surface area contributed by atoms with Crippen LogP contribution in [0.4, 0.5) is 0 Å². The van der Waals surface area contributed by atoms with Crippen molar-refractivity contribution in [1.29, 1.82) is 0 Å². The fourth-order valence-electron chi connectivity index (χ4n) is 2.73. The Morgan fingerprint density at radius 1 is 0.692 bits per heavy atom. The first kappa shape index (κ1) is 19.6. The van der Waals surface area contributed by atoms with Gasteiger partial charge in [-0.25, -0.2) is 0 Å². The van der Waals surface area contributed by atoms with Gasteiger partial charge in [-0.05, 0) is 37.1 Å². The second-order valence-corrected chi connectivity index (χ2v) is 5.98. The van der Waals surface area contributed by atoms with Crippen molar-refractivity contribution in [3.05, 3.63) is 71.8 Å². The van der Waals surface area contributed by atoms with Gasteiger partial charge in [-0.3, -0.25) is 9.59 Å². The van der Waals surface area contributed by atoms with Gasteiger partial charge >= 0.3 is 11.9 Å². The molecule has 6 nitrogen and oxygen atoms in total. The highest BCUT2D eigenvalue weighted by atomic mass is 16.4. The first-order valence-electron chi connectivity index (χ1n) is 8.62. The van der Waals surface area contributed by atoms with Crippen LogP contribution >= 0.6 is 0 Å². The molecular formula is C20H24N2O4. The van der Waals surface area contributed by atoms with E-state index in [4.69, 9.17) is 0 Å². The quantitative estimate of drug-likeness (QED) is 0.462. The minimum absolute atomic E-state index is 0.538. The van der Waals surface area contributed by atoms with E-state index in [1.165, 1.54) is 0 Å². The molecule has 0 aliphatic rings. The van der Waals surface area contributed by atoms with Crippen molar-refractivity contribution in [2.24, 2.45) is 0 Å². The summed E-state index contributed by atoms with van der Waals surface area (Å²) in [6.45, 7) is 1.08. The standard InChI is InChI=1S/C20H24N2O4/c23-19(24)17(15-9-3-1-4-10-15)21-13-7-8-14-22-18(20(25)26)16-11-5-2-6-12-16/h1-6,9-12,17-18,21-22H,7-8,13-14H2,(H,23,24)(H,25,26)/t17-,18+. The summed E-state index contributed by atoms with van der Waals surface area (Å²) in [5.41, 5.74) is 1.43. The summed E-state index contributed by atoms with van der Waals surface area (Å²) in [6.07, 6.45) is 1.48. The molecule has 0 saturated carbocycles. The molecule has 2 aromatic rings. The van der Waals surface area contributed by atoms with Crippen molar-refractivity contribution in [3.8, 4) is 0 Å². The third-order valence-electron chi connectivity index (χ3n) is 4.06. The second kappa shape index (κ2) is 10.3. The van der Waals surface area contributed by atoms with E-state index in [1.54, 1.807) is 24.3 Å². The van der Waals surface area contributed by atoms with Gasteiger partial charge in [-0.15, -0.1) is 0 Å². The average Bonchev–Trinajstić information content (AvgIpc) is 2.65. The summed E-state index contributed by atoms with van der Waals surface area (Å²) in [5.74, 6) is -1.83. The maximum atomic E-state index is 11.4. The summed E-state index contributed by atoms with van der Waals surface area (Å²) in [5, 5.41) is 24.8. The monoisotopic (exact) mass is 356 g/mol. The molecule has 0 unspecified atom stereocenters. The molecule has 0 saturated heterocycles. The third kappa shape index (κ3) is 5.98. The number of benzene rings is 2. The molecule has 138 valence electrons. The molecule has 4 N–H and O–H groups in total. The Bertz CT molecular complexity index is 630. The van der Waals surface area contributed by atoms with Gasteiger partial charge in [0.25, 0.3) is 0 Å². The zero-order valence-electron chi connectivity index (χ0n) is 14.5. The smallest absolute Gasteiger partial charge is 0.325 e. The molecule has 0 heterocycles. The van der Waals surface area contributed by atoms with Gasteiger partial charge < -0.3 is 20.8 Å². The van der Waals surface area contributed by atoms with E-state index >= 15 is 0 Å². The Kier molecular flexibility index (Phi) is 7.79. The maximum Gasteiger partial charge on any atom is 0.325 e. The number of unbranched alkanes of at least 4 members (excludes halogenated alkanes) is 1. The normalized spacial score (nSPS) is 13.1. The molecule has 0 bridgehead atoms. The number of hydrogen-bond acceptors (Lipinski definition) is 4. The van der Waals surface area contributed by atoms with E-state index in [0.29, 0.717) is 24.2 Å². The molecule has 2 rings (SSSR count). The van der Waals surface area contributed by atoms with Gasteiger partial charge in [0.2, 0.25) is 0 Å². The molecule has 2 aromatic carbocycles. The van der Waals surface area contributed by atoms with Crippen LogP contribution in [-0.2, 0) is 9.59 Å². The van der Waals surface area contributed by atoms with Crippen molar-refractivity contribution in [3.63, 3.8) is 0 Å². The Morgan fingerprint density at radius 2 is 1.04 bits per heavy atom. The van der Waals surface area contributed by atoms with Crippen LogP contribution < -0.4 is 10.6 Å². The molecule has 26 heavy (non-hydrogen) atoms. The van der Waals surface area contributed by atoms with E-state index in [0.717, 1.165) is 12.8 Å². The van der Waals surface area contributed by atoms with E-state index in [2.05, 4.69) is 10.6 Å². The van der Waals surface area contributed by atoms with E-state index in [1.807, 2.05) is 36.4 Å². The van der Waals surface area contributed by atoms with Crippen LogP contribution in [-0.4, -0.2) is 35.2 Å². The predicted molar refractivity (Wildman–Crippen MR) is 98.9 cm³/mol. The van der Waals surface area contributed by atoms with Crippen molar-refractivity contribution in [2.45, 2.75) is 24.9 Å². The number of carboxylic acids is 2. The predicted octanol–water partition coefficient (Wildman–Crippen LogP) is 2.60. The molecule has 6 heteroatoms. The molecule has 0 aliphatic carbocycles. The molecule has 0 radical (unpaired) electrons. The zero-order valence-corrected chi connectivity index (χ0v) is 14.5. The summed E-state index contributed by atoms with van der Waals surface area (Å²) >= 11 is 0. The van der Waals surface area contributed by atoms with E-state index in [-0.39, 0.29) is 0 Å². The number of carbonyl (C=O) groups is 2. The first-order valence-corrected chi connectivity index (χ1v) is 8.62. The van der Waals surface area contributed by atoms with Crippen LogP contribution in [0.5, 0.6) is 0 Å². The Labute approximate surface area is 152 Å². The Morgan fingerprint density at radius 3 is 1.35 bits per heavy atom. The van der Waals surface area contributed by atoms with Crippen molar-refractivity contribution in [1.82, 2.24) is 10.6 Å². The van der Waals surface area contributed by atoms with Gasteiger partial charge in [0, 0.05) is 0 Å². The topological polar surface area (TPSA) is 98.7 Å². The van der Waals surface area contributed by atoms with Crippen molar-refractivity contribution < 1.29 is 19.8 Å². The van der Waals surface area contributed by atoms with Crippen LogP contribution in [0.3, 0.4) is 0 Å². The van der Waals surface area contributed by atoms with Gasteiger partial charge in [0.15, 0.2) is 0 Å². The molecule has 0 aromatic heterocycles. The average molecular weight is 356 g/mol. The molecule has 0 amide bonds. The summed E-state index contributed by atoms with van der Waals surface area (Å²) in [4.78, 5) is 22.8. The number of aliphatic carboxylic acids is 2. The highest BCUT2D eigenvalue weighted by Crippen LogP contribution is 2.14. The van der Waals surface area contributed by atoms with Crippen LogP contribution in [0.1, 0.15) is 36.1 Å². The lowest BCUT2D eigenvalue weighted by atomic mass is 10.1. The highest BCUT2D eigenvalue weighted by molar-refractivity contribution is 5.76. The third-order valence-corrected chi connectivity index (χ3v) is 4.06. The van der Waals surface area contributed by atoms with Crippen LogP contribution in [0.25, 0.3) is 0 Å². The SMILES string of the molecule is O=C(O)[C@@H](NCCCCN[C@@H](C(=O)O)c1ccccc1)c1ccccc1. The molecular weight excluding hydrogens is 332 g/mol. The van der Waals surface area contributed by atoms with Gasteiger partial charge in [0.1, 0.15) is 12.1 Å². The van der Waals surface area contributed by atoms with Gasteiger partial charge in [-0.2, -0.15) is 0 Å². The summed E-state index contributed by atoms with van der Waals surface area (Å²) in [7, 11) is 0. The first-order chi connectivity index (χ1) is 12.6. The fraction of sp³-hybridized carbons (Fsp3) is 0.300. The zero-order chi connectivity index (χ0) is 18.8. The van der Waals surface area contributed by atoms with E-state index in [9.17, 15) is 19.8 Å². The molecule has 0 aliphatic heterocycles. The Hall–Kier alpha value is -2.70. The summed E-state index contributed by atoms with van der Waals surface area (Å²) < 4.78 is 0. The van der Waals surface area contributed by atoms with Crippen LogP contribution in [0, 0.1) is 0 Å². The molecule has 2 atom stereocenters. The van der Waals surface area contributed by atoms with Crippen LogP contribution in [0.15, 0.2) is 60.7 Å². The minimum atomic E-state index is -0.913. The minimum Gasteiger partial charge on any atom is -0.480 e. The lowest BCUT2D eigenvalue weighted by Crippen LogP contribution is -2.31. The molecule has 0 fully saturated rings. The number of rotatable bonds is 11. The summed E-state index contributed by atoms with van der Waals surface area (Å²) in [6, 6.07) is 16.6. The van der Waals surface area contributed by atoms with Gasteiger partial charge in [-0.1, -0.05) is 60.7 Å². The number of carboxylic acid groups (broad SMARTS) is 2. The fourth-order valence-corrected chi connectivity index (χ4v) is 2.73. The lowest BCUT2D eigenvalue weighted by Gasteiger charge is -2.16. The highest BCUT2D eigenvalue weighted by Gasteiger charge is 2.19.